The van der Waals surface area contributed by atoms with Crippen molar-refractivity contribution in [3.63, 3.8) is 0 Å². The van der Waals surface area contributed by atoms with Crippen molar-refractivity contribution in [2.45, 2.75) is 38.8 Å². The third-order valence-electron chi connectivity index (χ3n) is 4.44. The van der Waals surface area contributed by atoms with Crippen molar-refractivity contribution in [3.05, 3.63) is 28.3 Å². The normalized spacial score (nSPS) is 28.6. The Kier molecular flexibility index (Phi) is 3.85. The zero-order chi connectivity index (χ0) is 14.9. The smallest absolute Gasteiger partial charge is 0.273 e. The van der Waals surface area contributed by atoms with E-state index in [9.17, 15) is 10.1 Å². The second kappa shape index (κ2) is 5.28. The molecule has 2 rings (SSSR count). The van der Waals surface area contributed by atoms with E-state index in [1.807, 2.05) is 0 Å². The molecule has 2 N–H and O–H groups in total. The van der Waals surface area contributed by atoms with Crippen LogP contribution in [0.2, 0.25) is 0 Å². The molecule has 3 atom stereocenters. The standard InChI is InChI=1S/C14H20N2O4/c1-4-14(2)12(15)8-13(14)20-11-7-9(16(17)18)5-6-10(11)19-3/h5-7,12-13H,4,8,15H2,1-3H3. The average molecular weight is 280 g/mol. The molecule has 1 aromatic rings. The molecule has 1 aliphatic rings. The highest BCUT2D eigenvalue weighted by molar-refractivity contribution is 5.48. The van der Waals surface area contributed by atoms with Gasteiger partial charge in [-0.25, -0.2) is 0 Å². The molecule has 6 nitrogen and oxygen atoms in total. The lowest BCUT2D eigenvalue weighted by Crippen LogP contribution is -2.61. The summed E-state index contributed by atoms with van der Waals surface area (Å²) in [4.78, 5) is 10.4. The van der Waals surface area contributed by atoms with Gasteiger partial charge in [0, 0.05) is 23.9 Å². The predicted molar refractivity (Wildman–Crippen MR) is 75.1 cm³/mol. The summed E-state index contributed by atoms with van der Waals surface area (Å²) in [5, 5.41) is 10.8. The highest BCUT2D eigenvalue weighted by Crippen LogP contribution is 2.46. The van der Waals surface area contributed by atoms with E-state index in [2.05, 4.69) is 13.8 Å². The van der Waals surface area contributed by atoms with Gasteiger partial charge in [0.15, 0.2) is 11.5 Å². The van der Waals surface area contributed by atoms with Crippen molar-refractivity contribution in [2.75, 3.05) is 7.11 Å². The number of nitrogens with zero attached hydrogens (tertiary/aromatic N) is 1. The number of hydrogen-bond acceptors (Lipinski definition) is 5. The molecule has 0 amide bonds. The molecule has 0 radical (unpaired) electrons. The Morgan fingerprint density at radius 3 is 2.70 bits per heavy atom. The van der Waals surface area contributed by atoms with Crippen LogP contribution in [0.25, 0.3) is 0 Å². The molecule has 3 unspecified atom stereocenters. The number of nitrogens with two attached hydrogens (primary N) is 1. The van der Waals surface area contributed by atoms with Gasteiger partial charge in [0.25, 0.3) is 5.69 Å². The van der Waals surface area contributed by atoms with Gasteiger partial charge in [-0.3, -0.25) is 10.1 Å². The van der Waals surface area contributed by atoms with Crippen LogP contribution in [0, 0.1) is 15.5 Å². The molecule has 0 saturated heterocycles. The number of methoxy groups -OCH3 is 1. The first-order valence-corrected chi connectivity index (χ1v) is 6.67. The molecular weight excluding hydrogens is 260 g/mol. The van der Waals surface area contributed by atoms with Crippen LogP contribution in [0.5, 0.6) is 11.5 Å². The van der Waals surface area contributed by atoms with Gasteiger partial charge in [-0.05, 0) is 12.5 Å². The predicted octanol–water partition coefficient (Wildman–Crippen LogP) is 2.50. The van der Waals surface area contributed by atoms with E-state index in [0.29, 0.717) is 11.5 Å². The second-order valence-electron chi connectivity index (χ2n) is 5.40. The van der Waals surface area contributed by atoms with Gasteiger partial charge in [0.1, 0.15) is 6.10 Å². The molecule has 6 heteroatoms. The van der Waals surface area contributed by atoms with E-state index >= 15 is 0 Å². The first-order valence-electron chi connectivity index (χ1n) is 6.67. The van der Waals surface area contributed by atoms with Gasteiger partial charge in [-0.1, -0.05) is 13.8 Å². The van der Waals surface area contributed by atoms with Crippen molar-refractivity contribution >= 4 is 5.69 Å². The lowest BCUT2D eigenvalue weighted by atomic mass is 9.62. The second-order valence-corrected chi connectivity index (χ2v) is 5.40. The average Bonchev–Trinajstić information content (AvgIpc) is 2.45. The molecule has 0 aliphatic heterocycles. The summed E-state index contributed by atoms with van der Waals surface area (Å²) in [5.41, 5.74) is 5.93. The fourth-order valence-corrected chi connectivity index (χ4v) is 2.54. The molecule has 110 valence electrons. The zero-order valence-electron chi connectivity index (χ0n) is 12.0. The van der Waals surface area contributed by atoms with Crippen LogP contribution in [0.1, 0.15) is 26.7 Å². The largest absolute Gasteiger partial charge is 0.493 e. The van der Waals surface area contributed by atoms with Gasteiger partial charge in [-0.2, -0.15) is 0 Å². The Hall–Kier alpha value is -1.82. The summed E-state index contributed by atoms with van der Waals surface area (Å²) >= 11 is 0. The van der Waals surface area contributed by atoms with E-state index in [1.54, 1.807) is 6.07 Å². The van der Waals surface area contributed by atoms with E-state index < -0.39 is 4.92 Å². The van der Waals surface area contributed by atoms with Gasteiger partial charge in [0.2, 0.25) is 0 Å². The minimum Gasteiger partial charge on any atom is -0.493 e. The summed E-state index contributed by atoms with van der Waals surface area (Å²) in [5.74, 6) is 0.896. The molecule has 1 fully saturated rings. The van der Waals surface area contributed by atoms with Gasteiger partial charge >= 0.3 is 0 Å². The fourth-order valence-electron chi connectivity index (χ4n) is 2.54. The summed E-state index contributed by atoms with van der Waals surface area (Å²) in [6.45, 7) is 4.15. The Labute approximate surface area is 118 Å². The van der Waals surface area contributed by atoms with Crippen LogP contribution in [-0.2, 0) is 0 Å². The minimum absolute atomic E-state index is 0.0115. The quantitative estimate of drug-likeness (QED) is 0.661. The van der Waals surface area contributed by atoms with Crippen molar-refractivity contribution in [1.82, 2.24) is 0 Å². The van der Waals surface area contributed by atoms with E-state index in [1.165, 1.54) is 19.2 Å². The Balaban J connectivity index is 2.24. The third-order valence-corrected chi connectivity index (χ3v) is 4.44. The van der Waals surface area contributed by atoms with Crippen molar-refractivity contribution in [1.29, 1.82) is 0 Å². The van der Waals surface area contributed by atoms with Crippen molar-refractivity contribution < 1.29 is 14.4 Å². The number of ether oxygens (including phenoxy) is 2. The Morgan fingerprint density at radius 2 is 2.20 bits per heavy atom. The number of nitro benzene ring substituents is 1. The van der Waals surface area contributed by atoms with E-state index in [-0.39, 0.29) is 23.2 Å². The molecule has 0 aromatic heterocycles. The van der Waals surface area contributed by atoms with Crippen LogP contribution in [0.4, 0.5) is 5.69 Å². The van der Waals surface area contributed by atoms with Crippen LogP contribution in [0.15, 0.2) is 18.2 Å². The molecule has 0 spiro atoms. The van der Waals surface area contributed by atoms with Gasteiger partial charge in [-0.15, -0.1) is 0 Å². The van der Waals surface area contributed by atoms with Crippen molar-refractivity contribution in [3.8, 4) is 11.5 Å². The number of hydrogen-bond donors (Lipinski definition) is 1. The van der Waals surface area contributed by atoms with Gasteiger partial charge in [0.05, 0.1) is 18.1 Å². The first-order chi connectivity index (χ1) is 9.42. The third kappa shape index (κ3) is 2.31. The van der Waals surface area contributed by atoms with Crippen LogP contribution >= 0.6 is 0 Å². The summed E-state index contributed by atoms with van der Waals surface area (Å²) in [6.07, 6.45) is 1.60. The van der Waals surface area contributed by atoms with Crippen molar-refractivity contribution in [2.24, 2.45) is 11.1 Å². The summed E-state index contributed by atoms with van der Waals surface area (Å²) < 4.78 is 11.1. The van der Waals surface area contributed by atoms with Gasteiger partial charge < -0.3 is 15.2 Å². The molecule has 1 saturated carbocycles. The minimum atomic E-state index is -0.447. The number of benzene rings is 1. The highest BCUT2D eigenvalue weighted by atomic mass is 16.6. The lowest BCUT2D eigenvalue weighted by Gasteiger charge is -2.51. The summed E-state index contributed by atoms with van der Waals surface area (Å²) in [7, 11) is 1.51. The number of non-ortho nitro benzene ring substituents is 1. The molecule has 1 aromatic carbocycles. The van der Waals surface area contributed by atoms with E-state index in [4.69, 9.17) is 15.2 Å². The SMILES string of the molecule is CCC1(C)C(N)CC1Oc1cc([N+](=O)[O-])ccc1OC. The lowest BCUT2D eigenvalue weighted by molar-refractivity contribution is -0.385. The highest BCUT2D eigenvalue weighted by Gasteiger charge is 2.50. The molecule has 1 aliphatic carbocycles. The maximum Gasteiger partial charge on any atom is 0.273 e. The van der Waals surface area contributed by atoms with E-state index in [0.717, 1.165) is 12.8 Å². The van der Waals surface area contributed by atoms with Crippen LogP contribution < -0.4 is 15.2 Å². The molecule has 20 heavy (non-hydrogen) atoms. The first kappa shape index (κ1) is 14.6. The molecule has 0 heterocycles. The maximum absolute atomic E-state index is 10.8. The molecule has 0 bridgehead atoms. The summed E-state index contributed by atoms with van der Waals surface area (Å²) in [6, 6.07) is 4.45. The van der Waals surface area contributed by atoms with Crippen LogP contribution in [-0.4, -0.2) is 24.2 Å². The number of rotatable bonds is 5. The Morgan fingerprint density at radius 1 is 1.50 bits per heavy atom. The fraction of sp³-hybridized carbons (Fsp3) is 0.571. The monoisotopic (exact) mass is 280 g/mol. The Bertz CT molecular complexity index is 520. The molecular formula is C14H20N2O4. The van der Waals surface area contributed by atoms with Crippen LogP contribution in [0.3, 0.4) is 0 Å². The topological polar surface area (TPSA) is 87.6 Å². The maximum atomic E-state index is 10.8. The number of nitro groups is 1. The zero-order valence-corrected chi connectivity index (χ0v) is 12.0.